The number of aromatic nitrogens is 4. The largest absolute Gasteiger partial charge is 0.377 e. The van der Waals surface area contributed by atoms with E-state index in [1.54, 1.807) is 23.6 Å². The van der Waals surface area contributed by atoms with Crippen molar-refractivity contribution in [2.45, 2.75) is 12.8 Å². The van der Waals surface area contributed by atoms with E-state index in [0.29, 0.717) is 13.2 Å². The highest BCUT2D eigenvalue weighted by Gasteiger charge is 2.22. The fourth-order valence-electron chi connectivity index (χ4n) is 3.21. The molecule has 4 heterocycles. The topological polar surface area (TPSA) is 64.0 Å². The van der Waals surface area contributed by atoms with E-state index in [9.17, 15) is 0 Å². The lowest BCUT2D eigenvalue weighted by molar-refractivity contribution is 0.168. The van der Waals surface area contributed by atoms with Crippen molar-refractivity contribution in [1.29, 1.82) is 0 Å². The summed E-state index contributed by atoms with van der Waals surface area (Å²) in [6.45, 7) is 5.87. The molecule has 0 aliphatic carbocycles. The number of nitrogens with zero attached hydrogens (tertiary/aromatic N) is 5. The minimum atomic E-state index is 0.580. The Morgan fingerprint density at radius 2 is 2.21 bits per heavy atom. The minimum absolute atomic E-state index is 0.580. The molecule has 0 saturated carbocycles. The van der Waals surface area contributed by atoms with Gasteiger partial charge in [-0.25, -0.2) is 15.0 Å². The second-order valence-corrected chi connectivity index (χ2v) is 7.78. The molecule has 0 atom stereocenters. The van der Waals surface area contributed by atoms with E-state index in [1.165, 1.54) is 5.57 Å². The summed E-state index contributed by atoms with van der Waals surface area (Å²) in [6, 6.07) is 3.93. The normalized spacial score (nSPS) is 14.8. The molecule has 0 spiro atoms. The number of hydrogen-bond donors (Lipinski definition) is 0. The van der Waals surface area contributed by atoms with Gasteiger partial charge in [0.15, 0.2) is 5.82 Å². The van der Waals surface area contributed by atoms with Gasteiger partial charge in [-0.1, -0.05) is 12.2 Å². The molecule has 29 heavy (non-hydrogen) atoms. The van der Waals surface area contributed by atoms with E-state index in [2.05, 4.69) is 34.6 Å². The molecule has 0 N–H and O–H groups in total. The Morgan fingerprint density at radius 1 is 1.28 bits per heavy atom. The lowest BCUT2D eigenvalue weighted by Gasteiger charge is -2.27. The first kappa shape index (κ1) is 19.4. The third kappa shape index (κ3) is 4.41. The fourth-order valence-corrected chi connectivity index (χ4v) is 4.07. The molecule has 148 valence electrons. The van der Waals surface area contributed by atoms with Crippen molar-refractivity contribution in [3.63, 3.8) is 0 Å². The molecule has 3 aromatic heterocycles. The van der Waals surface area contributed by atoms with Gasteiger partial charge in [0.25, 0.3) is 0 Å². The SMILES string of the molecule is C=CCOCC/C=C1\CCN(C)c2ncc(-c3cnc(-c4cccnc4)s3)nc21. The van der Waals surface area contributed by atoms with E-state index in [1.807, 2.05) is 30.7 Å². The van der Waals surface area contributed by atoms with Crippen molar-refractivity contribution >= 4 is 22.7 Å². The fraction of sp³-hybridized carbons (Fsp3) is 0.273. The molecular formula is C22H23N5OS. The van der Waals surface area contributed by atoms with E-state index >= 15 is 0 Å². The highest BCUT2D eigenvalue weighted by Crippen LogP contribution is 2.35. The minimum Gasteiger partial charge on any atom is -0.377 e. The summed E-state index contributed by atoms with van der Waals surface area (Å²) in [6.07, 6.45) is 13.1. The van der Waals surface area contributed by atoms with Gasteiger partial charge < -0.3 is 9.64 Å². The number of ether oxygens (including phenoxy) is 1. The van der Waals surface area contributed by atoms with Crippen molar-refractivity contribution < 1.29 is 4.74 Å². The van der Waals surface area contributed by atoms with Crippen molar-refractivity contribution in [2.75, 3.05) is 31.7 Å². The average Bonchev–Trinajstić information content (AvgIpc) is 3.26. The molecule has 6 nitrogen and oxygen atoms in total. The van der Waals surface area contributed by atoms with Crippen LogP contribution >= 0.6 is 11.3 Å². The monoisotopic (exact) mass is 405 g/mol. The molecule has 1 aliphatic rings. The number of fused-ring (bicyclic) bond motifs is 1. The van der Waals surface area contributed by atoms with Crippen molar-refractivity contribution in [1.82, 2.24) is 19.9 Å². The molecule has 0 unspecified atom stereocenters. The third-order valence-corrected chi connectivity index (χ3v) is 5.76. The Labute approximate surface area is 174 Å². The Bertz CT molecular complexity index is 1020. The van der Waals surface area contributed by atoms with E-state index < -0.39 is 0 Å². The van der Waals surface area contributed by atoms with E-state index in [0.717, 1.165) is 52.0 Å². The highest BCUT2D eigenvalue weighted by atomic mass is 32.1. The number of anilines is 1. The summed E-state index contributed by atoms with van der Waals surface area (Å²) in [7, 11) is 2.06. The first-order valence-electron chi connectivity index (χ1n) is 9.59. The number of pyridine rings is 1. The van der Waals surface area contributed by atoms with Gasteiger partial charge in [-0.15, -0.1) is 17.9 Å². The van der Waals surface area contributed by atoms with Crippen LogP contribution in [0.25, 0.3) is 26.7 Å². The van der Waals surface area contributed by atoms with Crippen LogP contribution in [0, 0.1) is 0 Å². The Hall–Kier alpha value is -2.90. The molecule has 0 fully saturated rings. The van der Waals surface area contributed by atoms with E-state index in [-0.39, 0.29) is 0 Å². The van der Waals surface area contributed by atoms with Gasteiger partial charge >= 0.3 is 0 Å². The van der Waals surface area contributed by atoms with Crippen LogP contribution in [0.4, 0.5) is 5.82 Å². The predicted molar refractivity (Wildman–Crippen MR) is 118 cm³/mol. The van der Waals surface area contributed by atoms with Gasteiger partial charge in [0, 0.05) is 37.7 Å². The molecule has 0 saturated heterocycles. The molecule has 1 aliphatic heterocycles. The molecule has 0 aromatic carbocycles. The van der Waals surface area contributed by atoms with Gasteiger partial charge in [-0.3, -0.25) is 4.98 Å². The summed E-state index contributed by atoms with van der Waals surface area (Å²) in [5, 5.41) is 0.930. The second-order valence-electron chi connectivity index (χ2n) is 6.75. The summed E-state index contributed by atoms with van der Waals surface area (Å²) in [5.74, 6) is 0.926. The van der Waals surface area contributed by atoms with E-state index in [4.69, 9.17) is 14.7 Å². The van der Waals surface area contributed by atoms with Crippen LogP contribution < -0.4 is 4.90 Å². The summed E-state index contributed by atoms with van der Waals surface area (Å²) in [5.41, 5.74) is 4.04. The Morgan fingerprint density at radius 3 is 3.03 bits per heavy atom. The molecule has 0 amide bonds. The zero-order chi connectivity index (χ0) is 20.1. The maximum Gasteiger partial charge on any atom is 0.154 e. The van der Waals surface area contributed by atoms with Gasteiger partial charge in [0.1, 0.15) is 16.4 Å². The maximum atomic E-state index is 5.50. The highest BCUT2D eigenvalue weighted by molar-refractivity contribution is 7.18. The molecule has 4 rings (SSSR count). The van der Waals surface area contributed by atoms with Crippen LogP contribution in [0.5, 0.6) is 0 Å². The number of rotatable bonds is 7. The summed E-state index contributed by atoms with van der Waals surface area (Å²) >= 11 is 1.60. The Balaban J connectivity index is 1.61. The lowest BCUT2D eigenvalue weighted by Crippen LogP contribution is -2.26. The van der Waals surface area contributed by atoms with Crippen molar-refractivity contribution in [3.05, 3.63) is 61.3 Å². The van der Waals surface area contributed by atoms with Crippen LogP contribution in [0.1, 0.15) is 18.5 Å². The first-order valence-corrected chi connectivity index (χ1v) is 10.4. The van der Waals surface area contributed by atoms with Crippen LogP contribution in [-0.2, 0) is 4.74 Å². The standard InChI is InChI=1S/C22H23N5OS/c1-3-11-28-12-5-7-16-8-10-27(2)21-20(16)26-18(14-24-21)19-15-25-22(29-19)17-6-4-9-23-13-17/h3-4,6-7,9,13-15H,1,5,8,10-12H2,2H3/b16-7+. The van der Waals surface area contributed by atoms with Crippen molar-refractivity contribution in [2.24, 2.45) is 0 Å². The van der Waals surface area contributed by atoms with Crippen molar-refractivity contribution in [3.8, 4) is 21.1 Å². The second kappa shape index (κ2) is 9.07. The molecular weight excluding hydrogens is 382 g/mol. The Kier molecular flexibility index (Phi) is 6.07. The molecule has 7 heteroatoms. The molecule has 0 bridgehead atoms. The molecule has 0 radical (unpaired) electrons. The predicted octanol–water partition coefficient (Wildman–Crippen LogP) is 4.48. The van der Waals surface area contributed by atoms with Crippen LogP contribution in [-0.4, -0.2) is 46.7 Å². The van der Waals surface area contributed by atoms with Gasteiger partial charge in [-0.05, 0) is 30.5 Å². The third-order valence-electron chi connectivity index (χ3n) is 4.69. The number of thiazole rings is 1. The zero-order valence-electron chi connectivity index (χ0n) is 16.4. The van der Waals surface area contributed by atoms with Gasteiger partial charge in [0.05, 0.1) is 24.3 Å². The summed E-state index contributed by atoms with van der Waals surface area (Å²) in [4.78, 5) is 21.6. The maximum absolute atomic E-state index is 5.50. The van der Waals surface area contributed by atoms with Gasteiger partial charge in [0.2, 0.25) is 0 Å². The summed E-state index contributed by atoms with van der Waals surface area (Å²) < 4.78 is 5.50. The van der Waals surface area contributed by atoms with Crippen LogP contribution in [0.3, 0.4) is 0 Å². The first-order chi connectivity index (χ1) is 14.3. The van der Waals surface area contributed by atoms with Crippen LogP contribution in [0.2, 0.25) is 0 Å². The zero-order valence-corrected chi connectivity index (χ0v) is 17.2. The quantitative estimate of drug-likeness (QED) is 0.427. The lowest BCUT2D eigenvalue weighted by atomic mass is 10.0. The number of hydrogen-bond acceptors (Lipinski definition) is 7. The van der Waals surface area contributed by atoms with Gasteiger partial charge in [-0.2, -0.15) is 0 Å². The molecule has 3 aromatic rings. The van der Waals surface area contributed by atoms with Crippen LogP contribution in [0.15, 0.2) is 55.7 Å². The average molecular weight is 406 g/mol. The smallest absolute Gasteiger partial charge is 0.154 e.